The van der Waals surface area contributed by atoms with Crippen LogP contribution in [-0.4, -0.2) is 81.4 Å². The van der Waals surface area contributed by atoms with E-state index in [1.54, 1.807) is 6.08 Å². The number of allylic oxidation sites excluding steroid dienone is 1. The Bertz CT molecular complexity index is 894. The average Bonchev–Trinajstić information content (AvgIpc) is 3.01. The molecule has 0 aromatic heterocycles. The summed E-state index contributed by atoms with van der Waals surface area (Å²) >= 11 is 0. The van der Waals surface area contributed by atoms with Crippen molar-refractivity contribution in [1.29, 1.82) is 0 Å². The number of fused-ring (bicyclic) bond motifs is 5. The molecule has 5 aliphatic rings. The summed E-state index contributed by atoms with van der Waals surface area (Å²) in [6.45, 7) is 10.0. The SMILES string of the molecule is CC1CN(CC(=O)C2CCC3(O)C4=CC(=O)C5CC(O)C(O)CC5(C)C4CCC23C)CC(C)O1. The molecule has 5 rings (SSSR count). The molecule has 0 aromatic carbocycles. The molecule has 4 aliphatic carbocycles. The zero-order valence-electron chi connectivity index (χ0n) is 21.0. The number of Topliss-reactive ketones (excluding diaryl/α,β-unsaturated/α-hetero) is 1. The van der Waals surface area contributed by atoms with Crippen molar-refractivity contribution in [2.75, 3.05) is 19.6 Å². The minimum absolute atomic E-state index is 0.0229. The molecular formula is C27H41NO6. The number of aliphatic hydroxyl groups is 3. The van der Waals surface area contributed by atoms with Crippen molar-refractivity contribution in [3.8, 4) is 0 Å². The van der Waals surface area contributed by atoms with Crippen molar-refractivity contribution in [2.45, 2.75) is 96.2 Å². The molecule has 190 valence electrons. The number of ether oxygens (including phenoxy) is 1. The van der Waals surface area contributed by atoms with E-state index in [0.29, 0.717) is 32.2 Å². The van der Waals surface area contributed by atoms with Crippen LogP contribution in [0.15, 0.2) is 11.6 Å². The first-order valence-corrected chi connectivity index (χ1v) is 13.1. The first kappa shape index (κ1) is 24.6. The zero-order chi connectivity index (χ0) is 24.6. The minimum atomic E-state index is -1.19. The largest absolute Gasteiger partial charge is 0.390 e. The van der Waals surface area contributed by atoms with Crippen LogP contribution in [0.3, 0.4) is 0 Å². The Labute approximate surface area is 202 Å². The highest BCUT2D eigenvalue weighted by Gasteiger charge is 2.67. The van der Waals surface area contributed by atoms with E-state index in [0.717, 1.165) is 25.1 Å². The third-order valence-corrected chi connectivity index (χ3v) is 10.4. The number of carbonyl (C=O) groups excluding carboxylic acids is 2. The van der Waals surface area contributed by atoms with Crippen molar-refractivity contribution in [1.82, 2.24) is 4.90 Å². The van der Waals surface area contributed by atoms with Crippen LogP contribution in [0.4, 0.5) is 0 Å². The number of aliphatic hydroxyl groups excluding tert-OH is 2. The number of hydrogen-bond acceptors (Lipinski definition) is 7. The molecule has 7 nitrogen and oxygen atoms in total. The summed E-state index contributed by atoms with van der Waals surface area (Å²) in [7, 11) is 0. The molecule has 3 N–H and O–H groups in total. The van der Waals surface area contributed by atoms with Crippen LogP contribution < -0.4 is 0 Å². The van der Waals surface area contributed by atoms with Crippen LogP contribution >= 0.6 is 0 Å². The summed E-state index contributed by atoms with van der Waals surface area (Å²) in [5.41, 5.74) is -1.50. The van der Waals surface area contributed by atoms with Gasteiger partial charge in [0.1, 0.15) is 0 Å². The van der Waals surface area contributed by atoms with E-state index in [2.05, 4.69) is 4.90 Å². The second kappa shape index (κ2) is 8.20. The molecule has 4 fully saturated rings. The summed E-state index contributed by atoms with van der Waals surface area (Å²) in [6, 6.07) is 0. The third kappa shape index (κ3) is 3.49. The number of hydrogen-bond donors (Lipinski definition) is 3. The molecule has 0 bridgehead atoms. The third-order valence-electron chi connectivity index (χ3n) is 10.4. The van der Waals surface area contributed by atoms with Gasteiger partial charge in [0, 0.05) is 30.3 Å². The number of carbonyl (C=O) groups is 2. The van der Waals surface area contributed by atoms with Crippen molar-refractivity contribution in [3.63, 3.8) is 0 Å². The normalized spacial score (nSPS) is 51.3. The molecule has 10 atom stereocenters. The van der Waals surface area contributed by atoms with Crippen molar-refractivity contribution < 1.29 is 29.6 Å². The lowest BCUT2D eigenvalue weighted by atomic mass is 9.46. The molecule has 3 saturated carbocycles. The summed E-state index contributed by atoms with van der Waals surface area (Å²) < 4.78 is 5.82. The van der Waals surface area contributed by atoms with Gasteiger partial charge in [-0.2, -0.15) is 0 Å². The maximum Gasteiger partial charge on any atom is 0.159 e. The number of morpholine rings is 1. The number of ketones is 2. The molecule has 0 radical (unpaired) electrons. The Morgan fingerprint density at radius 2 is 1.76 bits per heavy atom. The van der Waals surface area contributed by atoms with E-state index in [9.17, 15) is 24.9 Å². The number of nitrogens with zero attached hydrogens (tertiary/aromatic N) is 1. The summed E-state index contributed by atoms with van der Waals surface area (Å²) in [5, 5.41) is 32.9. The predicted octanol–water partition coefficient (Wildman–Crippen LogP) is 1.87. The molecule has 1 saturated heterocycles. The lowest BCUT2D eigenvalue weighted by molar-refractivity contribution is -0.154. The van der Waals surface area contributed by atoms with Crippen molar-refractivity contribution in [2.24, 2.45) is 28.6 Å². The molecule has 0 amide bonds. The monoisotopic (exact) mass is 475 g/mol. The topological polar surface area (TPSA) is 107 Å². The Balaban J connectivity index is 1.41. The second-order valence-corrected chi connectivity index (χ2v) is 12.5. The Hall–Kier alpha value is -1.12. The molecule has 34 heavy (non-hydrogen) atoms. The highest BCUT2D eigenvalue weighted by atomic mass is 16.5. The molecule has 1 heterocycles. The second-order valence-electron chi connectivity index (χ2n) is 12.5. The fourth-order valence-corrected chi connectivity index (χ4v) is 8.63. The Kier molecular flexibility index (Phi) is 5.93. The van der Waals surface area contributed by atoms with E-state index in [1.807, 2.05) is 27.7 Å². The van der Waals surface area contributed by atoms with E-state index in [1.165, 1.54) is 0 Å². The smallest absolute Gasteiger partial charge is 0.159 e. The maximum atomic E-state index is 13.6. The molecule has 0 aromatic rings. The highest BCUT2D eigenvalue weighted by Crippen LogP contribution is 2.67. The summed E-state index contributed by atoms with van der Waals surface area (Å²) in [4.78, 5) is 29.0. The first-order chi connectivity index (χ1) is 15.9. The summed E-state index contributed by atoms with van der Waals surface area (Å²) in [6.07, 6.45) is 3.34. The lowest BCUT2D eigenvalue weighted by Crippen LogP contribution is -2.61. The van der Waals surface area contributed by atoms with Crippen LogP contribution in [0, 0.1) is 28.6 Å². The van der Waals surface area contributed by atoms with Gasteiger partial charge in [0.05, 0.1) is 36.6 Å². The fraction of sp³-hybridized carbons (Fsp3) is 0.852. The van der Waals surface area contributed by atoms with Crippen LogP contribution in [0.2, 0.25) is 0 Å². The number of rotatable bonds is 3. The van der Waals surface area contributed by atoms with Crippen LogP contribution in [-0.2, 0) is 14.3 Å². The average molecular weight is 476 g/mol. The lowest BCUT2D eigenvalue weighted by Gasteiger charge is -2.59. The molecule has 0 spiro atoms. The van der Waals surface area contributed by atoms with Gasteiger partial charge >= 0.3 is 0 Å². The van der Waals surface area contributed by atoms with Gasteiger partial charge in [-0.3, -0.25) is 14.5 Å². The quantitative estimate of drug-likeness (QED) is 0.572. The predicted molar refractivity (Wildman–Crippen MR) is 126 cm³/mol. The van der Waals surface area contributed by atoms with Gasteiger partial charge in [-0.1, -0.05) is 13.8 Å². The molecule has 1 aliphatic heterocycles. The van der Waals surface area contributed by atoms with Gasteiger partial charge in [-0.15, -0.1) is 0 Å². The van der Waals surface area contributed by atoms with Gasteiger partial charge in [-0.25, -0.2) is 0 Å². The molecular weight excluding hydrogens is 434 g/mol. The van der Waals surface area contributed by atoms with Crippen LogP contribution in [0.5, 0.6) is 0 Å². The zero-order valence-corrected chi connectivity index (χ0v) is 21.0. The minimum Gasteiger partial charge on any atom is -0.390 e. The summed E-state index contributed by atoms with van der Waals surface area (Å²) in [5.74, 6) is -0.473. The maximum absolute atomic E-state index is 13.6. The van der Waals surface area contributed by atoms with E-state index in [-0.39, 0.29) is 47.9 Å². The van der Waals surface area contributed by atoms with Gasteiger partial charge in [0.15, 0.2) is 11.6 Å². The standard InChI is InChI=1S/C27H41NO6/c1-15-12-28(13-16(2)34-15)14-24(32)18-6-8-27(33)19-9-21(29)20-10-22(30)23(31)11-25(20,3)17(19)5-7-26(18,27)4/h9,15-18,20,22-23,30-31,33H,5-8,10-14H2,1-4H3. The van der Waals surface area contributed by atoms with Crippen LogP contribution in [0.25, 0.3) is 0 Å². The highest BCUT2D eigenvalue weighted by molar-refractivity contribution is 5.95. The van der Waals surface area contributed by atoms with E-state index in [4.69, 9.17) is 4.74 Å². The van der Waals surface area contributed by atoms with Gasteiger partial charge in [0.2, 0.25) is 0 Å². The van der Waals surface area contributed by atoms with Crippen molar-refractivity contribution in [3.05, 3.63) is 11.6 Å². The molecule has 7 heteroatoms. The van der Waals surface area contributed by atoms with Gasteiger partial charge < -0.3 is 20.1 Å². The Morgan fingerprint density at radius 3 is 2.44 bits per heavy atom. The van der Waals surface area contributed by atoms with E-state index >= 15 is 0 Å². The fourth-order valence-electron chi connectivity index (χ4n) is 8.63. The van der Waals surface area contributed by atoms with Crippen LogP contribution in [0.1, 0.15) is 66.2 Å². The first-order valence-electron chi connectivity index (χ1n) is 13.1. The Morgan fingerprint density at radius 1 is 1.09 bits per heavy atom. The van der Waals surface area contributed by atoms with E-state index < -0.39 is 28.6 Å². The van der Waals surface area contributed by atoms with Gasteiger partial charge in [0.25, 0.3) is 0 Å². The van der Waals surface area contributed by atoms with Gasteiger partial charge in [-0.05, 0) is 75.4 Å². The molecule has 10 unspecified atom stereocenters. The van der Waals surface area contributed by atoms with Crippen molar-refractivity contribution >= 4 is 11.6 Å².